The molecule has 2 N–H and O–H groups in total. The van der Waals surface area contributed by atoms with Crippen LogP contribution in [-0.4, -0.2) is 11.8 Å². The molecule has 2 amide bonds. The van der Waals surface area contributed by atoms with E-state index < -0.39 is 5.41 Å². The van der Waals surface area contributed by atoms with Crippen LogP contribution in [0.15, 0.2) is 42.5 Å². The SMILES string of the molecule is Cc1ccc(C)c(NC(=O)C(C)(C)C(=O)NCc2ccc(F)cc2)c1. The molecule has 2 aromatic rings. The van der Waals surface area contributed by atoms with Crippen molar-refractivity contribution in [3.8, 4) is 0 Å². The van der Waals surface area contributed by atoms with Gasteiger partial charge in [-0.15, -0.1) is 0 Å². The zero-order chi connectivity index (χ0) is 18.6. The highest BCUT2D eigenvalue weighted by molar-refractivity contribution is 6.10. The predicted molar refractivity (Wildman–Crippen MR) is 96.6 cm³/mol. The molecule has 132 valence electrons. The lowest BCUT2D eigenvalue weighted by atomic mass is 9.90. The Morgan fingerprint density at radius 2 is 1.64 bits per heavy atom. The van der Waals surface area contributed by atoms with Crippen LogP contribution in [0.3, 0.4) is 0 Å². The Labute approximate surface area is 147 Å². The number of hydrogen-bond donors (Lipinski definition) is 2. The summed E-state index contributed by atoms with van der Waals surface area (Å²) >= 11 is 0. The molecule has 2 rings (SSSR count). The third-order valence-corrected chi connectivity index (χ3v) is 4.14. The van der Waals surface area contributed by atoms with Crippen molar-refractivity contribution in [3.05, 3.63) is 65.0 Å². The average molecular weight is 342 g/mol. The van der Waals surface area contributed by atoms with Crippen LogP contribution in [0.2, 0.25) is 0 Å². The summed E-state index contributed by atoms with van der Waals surface area (Å²) in [5.41, 5.74) is 2.18. The van der Waals surface area contributed by atoms with Gasteiger partial charge in [0.15, 0.2) is 0 Å². The number of amides is 2. The van der Waals surface area contributed by atoms with E-state index in [9.17, 15) is 14.0 Å². The first-order valence-electron chi connectivity index (χ1n) is 8.11. The summed E-state index contributed by atoms with van der Waals surface area (Å²) in [4.78, 5) is 25.0. The topological polar surface area (TPSA) is 58.2 Å². The summed E-state index contributed by atoms with van der Waals surface area (Å²) in [6, 6.07) is 11.6. The number of rotatable bonds is 5. The van der Waals surface area contributed by atoms with E-state index in [1.54, 1.807) is 26.0 Å². The summed E-state index contributed by atoms with van der Waals surface area (Å²) in [5, 5.41) is 5.56. The molecule has 0 aliphatic heterocycles. The summed E-state index contributed by atoms with van der Waals surface area (Å²) in [6.07, 6.45) is 0. The Morgan fingerprint density at radius 1 is 1.00 bits per heavy atom. The Morgan fingerprint density at radius 3 is 2.28 bits per heavy atom. The van der Waals surface area contributed by atoms with Crippen molar-refractivity contribution < 1.29 is 14.0 Å². The highest BCUT2D eigenvalue weighted by Crippen LogP contribution is 2.22. The molecular weight excluding hydrogens is 319 g/mol. The molecular formula is C20H23FN2O2. The van der Waals surface area contributed by atoms with E-state index in [1.807, 2.05) is 32.0 Å². The van der Waals surface area contributed by atoms with Crippen LogP contribution in [0, 0.1) is 25.1 Å². The van der Waals surface area contributed by atoms with Gasteiger partial charge in [0, 0.05) is 12.2 Å². The first-order chi connectivity index (χ1) is 11.7. The highest BCUT2D eigenvalue weighted by Gasteiger charge is 2.36. The quantitative estimate of drug-likeness (QED) is 0.814. The minimum atomic E-state index is -1.24. The van der Waals surface area contributed by atoms with Crippen molar-refractivity contribution in [1.29, 1.82) is 0 Å². The summed E-state index contributed by atoms with van der Waals surface area (Å²) in [7, 11) is 0. The minimum absolute atomic E-state index is 0.235. The third-order valence-electron chi connectivity index (χ3n) is 4.14. The number of carbonyl (C=O) groups excluding carboxylic acids is 2. The number of benzene rings is 2. The molecule has 0 bridgehead atoms. The van der Waals surface area contributed by atoms with Gasteiger partial charge in [0.25, 0.3) is 0 Å². The maximum Gasteiger partial charge on any atom is 0.239 e. The van der Waals surface area contributed by atoms with Crippen LogP contribution in [0.4, 0.5) is 10.1 Å². The van der Waals surface area contributed by atoms with Crippen molar-refractivity contribution in [2.75, 3.05) is 5.32 Å². The second kappa shape index (κ2) is 7.47. The van der Waals surface area contributed by atoms with Gasteiger partial charge in [0.2, 0.25) is 11.8 Å². The molecule has 2 aromatic carbocycles. The molecule has 0 aromatic heterocycles. The Balaban J connectivity index is 2.02. The molecule has 0 atom stereocenters. The molecule has 0 radical (unpaired) electrons. The lowest BCUT2D eigenvalue weighted by Crippen LogP contribution is -2.45. The maximum atomic E-state index is 12.9. The summed E-state index contributed by atoms with van der Waals surface area (Å²) in [5.74, 6) is -1.10. The number of aryl methyl sites for hydroxylation is 2. The van der Waals surface area contributed by atoms with E-state index in [0.29, 0.717) is 5.69 Å². The van der Waals surface area contributed by atoms with Gasteiger partial charge in [-0.1, -0.05) is 24.3 Å². The van der Waals surface area contributed by atoms with Crippen LogP contribution in [0.25, 0.3) is 0 Å². The number of anilines is 1. The van der Waals surface area contributed by atoms with Crippen molar-refractivity contribution in [2.24, 2.45) is 5.41 Å². The Kier molecular flexibility index (Phi) is 5.57. The van der Waals surface area contributed by atoms with Gasteiger partial charge < -0.3 is 10.6 Å². The average Bonchev–Trinajstić information content (AvgIpc) is 2.57. The van der Waals surface area contributed by atoms with Gasteiger partial charge in [-0.05, 0) is 62.6 Å². The van der Waals surface area contributed by atoms with E-state index >= 15 is 0 Å². The number of nitrogens with one attached hydrogen (secondary N) is 2. The smallest absolute Gasteiger partial charge is 0.239 e. The van der Waals surface area contributed by atoms with E-state index in [1.165, 1.54) is 12.1 Å². The van der Waals surface area contributed by atoms with E-state index in [0.717, 1.165) is 16.7 Å². The van der Waals surface area contributed by atoms with Crippen molar-refractivity contribution in [2.45, 2.75) is 34.2 Å². The van der Waals surface area contributed by atoms with Gasteiger partial charge >= 0.3 is 0 Å². The minimum Gasteiger partial charge on any atom is -0.351 e. The standard InChI is InChI=1S/C20H23FN2O2/c1-13-5-6-14(2)17(11-13)23-19(25)20(3,4)18(24)22-12-15-7-9-16(21)10-8-15/h5-11H,12H2,1-4H3,(H,22,24)(H,23,25). The molecule has 25 heavy (non-hydrogen) atoms. The van der Waals surface area contributed by atoms with Gasteiger partial charge in [0.1, 0.15) is 11.2 Å². The van der Waals surface area contributed by atoms with E-state index in [4.69, 9.17) is 0 Å². The zero-order valence-electron chi connectivity index (χ0n) is 14.9. The van der Waals surface area contributed by atoms with Crippen LogP contribution >= 0.6 is 0 Å². The van der Waals surface area contributed by atoms with Crippen LogP contribution in [0.5, 0.6) is 0 Å². The van der Waals surface area contributed by atoms with Crippen molar-refractivity contribution in [3.63, 3.8) is 0 Å². The summed E-state index contributed by atoms with van der Waals surface area (Å²) < 4.78 is 12.9. The van der Waals surface area contributed by atoms with Crippen molar-refractivity contribution in [1.82, 2.24) is 5.32 Å². The lowest BCUT2D eigenvalue weighted by molar-refractivity contribution is -0.138. The zero-order valence-corrected chi connectivity index (χ0v) is 14.9. The molecule has 0 fully saturated rings. The molecule has 0 saturated heterocycles. The molecule has 0 aliphatic rings. The first kappa shape index (κ1) is 18.6. The maximum absolute atomic E-state index is 12.9. The number of hydrogen-bond acceptors (Lipinski definition) is 2. The molecule has 0 heterocycles. The monoisotopic (exact) mass is 342 g/mol. The molecule has 0 aliphatic carbocycles. The highest BCUT2D eigenvalue weighted by atomic mass is 19.1. The molecule has 0 saturated carbocycles. The van der Waals surface area contributed by atoms with Crippen LogP contribution in [0.1, 0.15) is 30.5 Å². The second-order valence-corrected chi connectivity index (χ2v) is 6.71. The largest absolute Gasteiger partial charge is 0.351 e. The van der Waals surface area contributed by atoms with Crippen molar-refractivity contribution >= 4 is 17.5 Å². The first-order valence-corrected chi connectivity index (χ1v) is 8.11. The second-order valence-electron chi connectivity index (χ2n) is 6.71. The van der Waals surface area contributed by atoms with E-state index in [2.05, 4.69) is 10.6 Å². The normalized spacial score (nSPS) is 11.1. The Hall–Kier alpha value is -2.69. The predicted octanol–water partition coefficient (Wildman–Crippen LogP) is 3.72. The van der Waals surface area contributed by atoms with Crippen LogP contribution < -0.4 is 10.6 Å². The molecule has 0 spiro atoms. The number of halogens is 1. The van der Waals surface area contributed by atoms with E-state index in [-0.39, 0.29) is 24.2 Å². The Bertz CT molecular complexity index is 783. The van der Waals surface area contributed by atoms with Gasteiger partial charge in [-0.2, -0.15) is 0 Å². The number of carbonyl (C=O) groups is 2. The molecule has 0 unspecified atom stereocenters. The van der Waals surface area contributed by atoms with Gasteiger partial charge in [-0.25, -0.2) is 4.39 Å². The third kappa shape index (κ3) is 4.66. The fourth-order valence-electron chi connectivity index (χ4n) is 2.26. The van der Waals surface area contributed by atoms with Gasteiger partial charge in [-0.3, -0.25) is 9.59 Å². The lowest BCUT2D eigenvalue weighted by Gasteiger charge is -2.23. The molecule has 5 heteroatoms. The van der Waals surface area contributed by atoms with Gasteiger partial charge in [0.05, 0.1) is 0 Å². The fraction of sp³-hybridized carbons (Fsp3) is 0.300. The summed E-state index contributed by atoms with van der Waals surface area (Å²) in [6.45, 7) is 7.23. The van der Waals surface area contributed by atoms with Crippen LogP contribution in [-0.2, 0) is 16.1 Å². The molecule has 4 nitrogen and oxygen atoms in total. The fourth-order valence-corrected chi connectivity index (χ4v) is 2.26.